The molecule has 0 heterocycles. The molecule has 19 heavy (non-hydrogen) atoms. The van der Waals surface area contributed by atoms with E-state index in [1.54, 1.807) is 13.0 Å². The molecule has 0 spiro atoms. The van der Waals surface area contributed by atoms with Crippen molar-refractivity contribution in [3.8, 4) is 11.5 Å². The van der Waals surface area contributed by atoms with Crippen molar-refractivity contribution in [1.29, 1.82) is 0 Å². The van der Waals surface area contributed by atoms with Gasteiger partial charge in [-0.1, -0.05) is 0 Å². The van der Waals surface area contributed by atoms with Crippen molar-refractivity contribution in [3.05, 3.63) is 23.8 Å². The zero-order valence-electron chi connectivity index (χ0n) is 11.6. The van der Waals surface area contributed by atoms with Crippen LogP contribution in [-0.4, -0.2) is 31.6 Å². The summed E-state index contributed by atoms with van der Waals surface area (Å²) >= 11 is 0. The largest absolute Gasteiger partial charge is 0.493 e. The van der Waals surface area contributed by atoms with Crippen molar-refractivity contribution in [2.45, 2.75) is 26.9 Å². The van der Waals surface area contributed by atoms with Crippen LogP contribution in [0.3, 0.4) is 0 Å². The molecule has 0 aliphatic heterocycles. The number of Topliss-reactive ketones (excluding diaryl/α,β-unsaturated/α-hetero) is 1. The van der Waals surface area contributed by atoms with Crippen molar-refractivity contribution < 1.29 is 23.8 Å². The number of esters is 1. The van der Waals surface area contributed by atoms with Crippen LogP contribution in [0.2, 0.25) is 0 Å². The second-order valence-corrected chi connectivity index (χ2v) is 4.08. The van der Waals surface area contributed by atoms with Gasteiger partial charge in [0.25, 0.3) is 5.78 Å². The third kappa shape index (κ3) is 3.98. The third-order valence-corrected chi connectivity index (χ3v) is 2.25. The molecule has 0 bridgehead atoms. The van der Waals surface area contributed by atoms with E-state index in [4.69, 9.17) is 9.47 Å². The highest BCUT2D eigenvalue weighted by molar-refractivity contribution is 6.40. The Bertz CT molecular complexity index is 465. The lowest BCUT2D eigenvalue weighted by Crippen LogP contribution is -2.17. The summed E-state index contributed by atoms with van der Waals surface area (Å²) in [5.41, 5.74) is 0.214. The molecule has 0 aliphatic rings. The summed E-state index contributed by atoms with van der Waals surface area (Å²) in [7, 11) is 1.47. The maximum Gasteiger partial charge on any atom is 0.379 e. The smallest absolute Gasteiger partial charge is 0.379 e. The minimum Gasteiger partial charge on any atom is -0.493 e. The first kappa shape index (κ1) is 15.0. The Kier molecular flexibility index (Phi) is 5.36. The molecule has 0 unspecified atom stereocenters. The molecule has 0 amide bonds. The number of ketones is 1. The third-order valence-electron chi connectivity index (χ3n) is 2.25. The molecule has 1 rings (SSSR count). The van der Waals surface area contributed by atoms with Gasteiger partial charge >= 0.3 is 5.97 Å². The highest BCUT2D eigenvalue weighted by Gasteiger charge is 2.19. The van der Waals surface area contributed by atoms with Crippen molar-refractivity contribution in [1.82, 2.24) is 0 Å². The van der Waals surface area contributed by atoms with E-state index in [0.717, 1.165) is 0 Å². The van der Waals surface area contributed by atoms with Crippen LogP contribution in [-0.2, 0) is 9.53 Å². The Hall–Kier alpha value is -2.04. The predicted molar refractivity (Wildman–Crippen MR) is 69.7 cm³/mol. The maximum absolute atomic E-state index is 11.8. The fourth-order valence-electron chi connectivity index (χ4n) is 1.47. The van der Waals surface area contributed by atoms with E-state index in [-0.39, 0.29) is 18.3 Å². The first-order valence-electron chi connectivity index (χ1n) is 6.05. The van der Waals surface area contributed by atoms with Crippen LogP contribution in [0.25, 0.3) is 0 Å². The molecule has 0 N–H and O–H groups in total. The van der Waals surface area contributed by atoms with E-state index < -0.39 is 11.8 Å². The second kappa shape index (κ2) is 6.78. The Morgan fingerprint density at radius 3 is 2.42 bits per heavy atom. The van der Waals surface area contributed by atoms with Crippen molar-refractivity contribution in [2.24, 2.45) is 0 Å². The van der Waals surface area contributed by atoms with Gasteiger partial charge in [-0.15, -0.1) is 0 Å². The van der Waals surface area contributed by atoms with Crippen LogP contribution in [0.5, 0.6) is 11.5 Å². The van der Waals surface area contributed by atoms with Gasteiger partial charge in [-0.3, -0.25) is 4.79 Å². The lowest BCUT2D eigenvalue weighted by atomic mass is 10.1. The van der Waals surface area contributed by atoms with Crippen LogP contribution in [0.4, 0.5) is 0 Å². The molecule has 0 aromatic heterocycles. The molecule has 104 valence electrons. The summed E-state index contributed by atoms with van der Waals surface area (Å²) in [5.74, 6) is -0.639. The number of carbonyl (C=O) groups is 2. The number of hydrogen-bond donors (Lipinski definition) is 0. The van der Waals surface area contributed by atoms with Crippen molar-refractivity contribution in [3.63, 3.8) is 0 Å². The molecule has 0 aliphatic carbocycles. The second-order valence-electron chi connectivity index (χ2n) is 4.08. The predicted octanol–water partition coefficient (Wildman–Crippen LogP) is 2.23. The summed E-state index contributed by atoms with van der Waals surface area (Å²) in [6.45, 7) is 5.58. The maximum atomic E-state index is 11.8. The van der Waals surface area contributed by atoms with Crippen LogP contribution in [0.15, 0.2) is 18.2 Å². The van der Waals surface area contributed by atoms with Gasteiger partial charge in [-0.25, -0.2) is 4.79 Å². The molecule has 5 nitrogen and oxygen atoms in total. The average Bonchev–Trinajstić information content (AvgIpc) is 2.38. The zero-order chi connectivity index (χ0) is 14.4. The lowest BCUT2D eigenvalue weighted by molar-refractivity contribution is -0.137. The van der Waals surface area contributed by atoms with Gasteiger partial charge in [0.2, 0.25) is 0 Å². The Morgan fingerprint density at radius 2 is 1.89 bits per heavy atom. The molecule has 0 atom stereocenters. The highest BCUT2D eigenvalue weighted by atomic mass is 16.5. The summed E-state index contributed by atoms with van der Waals surface area (Å²) < 4.78 is 15.3. The van der Waals surface area contributed by atoms with Crippen molar-refractivity contribution >= 4 is 11.8 Å². The number of ether oxygens (including phenoxy) is 3. The monoisotopic (exact) mass is 266 g/mol. The number of hydrogen-bond acceptors (Lipinski definition) is 5. The summed E-state index contributed by atoms with van der Waals surface area (Å²) in [5, 5.41) is 0. The van der Waals surface area contributed by atoms with E-state index in [2.05, 4.69) is 4.74 Å². The Balaban J connectivity index is 2.99. The SMILES string of the molecule is CCOC(=O)C(=O)c1ccc(OC(C)C)c(OC)c1. The topological polar surface area (TPSA) is 61.8 Å². The summed E-state index contributed by atoms with van der Waals surface area (Å²) in [6.07, 6.45) is -0.0134. The number of methoxy groups -OCH3 is 1. The number of benzene rings is 1. The van der Waals surface area contributed by atoms with Crippen LogP contribution in [0, 0.1) is 0 Å². The fraction of sp³-hybridized carbons (Fsp3) is 0.429. The zero-order valence-corrected chi connectivity index (χ0v) is 11.6. The Labute approximate surface area is 112 Å². The van der Waals surface area contributed by atoms with Gasteiger partial charge in [0.1, 0.15) is 0 Å². The van der Waals surface area contributed by atoms with E-state index in [9.17, 15) is 9.59 Å². The van der Waals surface area contributed by atoms with Crippen molar-refractivity contribution in [2.75, 3.05) is 13.7 Å². The Morgan fingerprint density at radius 1 is 1.21 bits per heavy atom. The van der Waals surface area contributed by atoms with E-state index >= 15 is 0 Å². The van der Waals surface area contributed by atoms with Gasteiger partial charge in [-0.05, 0) is 39.0 Å². The molecule has 0 fully saturated rings. The minimum absolute atomic E-state index is 0.0134. The minimum atomic E-state index is -0.873. The van der Waals surface area contributed by atoms with Gasteiger partial charge in [-0.2, -0.15) is 0 Å². The first-order valence-corrected chi connectivity index (χ1v) is 6.05. The average molecular weight is 266 g/mol. The van der Waals surface area contributed by atoms with Crippen LogP contribution < -0.4 is 9.47 Å². The molecule has 1 aromatic carbocycles. The summed E-state index contributed by atoms with van der Waals surface area (Å²) in [4.78, 5) is 23.1. The van der Waals surface area contributed by atoms with Gasteiger partial charge in [0.05, 0.1) is 19.8 Å². The quantitative estimate of drug-likeness (QED) is 0.449. The first-order chi connectivity index (χ1) is 8.99. The van der Waals surface area contributed by atoms with E-state index in [1.165, 1.54) is 19.2 Å². The van der Waals surface area contributed by atoms with Crippen LogP contribution in [0.1, 0.15) is 31.1 Å². The van der Waals surface area contributed by atoms with Gasteiger partial charge in [0.15, 0.2) is 11.5 Å². The molecule has 5 heteroatoms. The molecule has 0 saturated heterocycles. The van der Waals surface area contributed by atoms with Gasteiger partial charge in [0, 0.05) is 5.56 Å². The molecular formula is C14H18O5. The number of carbonyl (C=O) groups excluding carboxylic acids is 2. The lowest BCUT2D eigenvalue weighted by Gasteiger charge is -2.14. The fourth-order valence-corrected chi connectivity index (χ4v) is 1.47. The van der Waals surface area contributed by atoms with Gasteiger partial charge < -0.3 is 14.2 Å². The highest BCUT2D eigenvalue weighted by Crippen LogP contribution is 2.29. The molecule has 0 saturated carbocycles. The molecular weight excluding hydrogens is 248 g/mol. The molecule has 1 aromatic rings. The van der Waals surface area contributed by atoms with E-state index in [1.807, 2.05) is 13.8 Å². The standard InChI is InChI=1S/C14H18O5/c1-5-18-14(16)13(15)10-6-7-11(19-9(2)3)12(8-10)17-4/h6-9H,5H2,1-4H3. The molecule has 0 radical (unpaired) electrons. The van der Waals surface area contributed by atoms with E-state index in [0.29, 0.717) is 11.5 Å². The summed E-state index contributed by atoms with van der Waals surface area (Å²) in [6, 6.07) is 4.59. The normalized spacial score (nSPS) is 10.2. The van der Waals surface area contributed by atoms with Crippen LogP contribution >= 0.6 is 0 Å². The number of rotatable bonds is 6.